The maximum atomic E-state index is 12.6. The summed E-state index contributed by atoms with van der Waals surface area (Å²) in [6, 6.07) is 7.28. The van der Waals surface area contributed by atoms with Crippen LogP contribution in [0.1, 0.15) is 35.0 Å². The lowest BCUT2D eigenvalue weighted by atomic mass is 9.89. The molecule has 0 aromatic carbocycles. The third-order valence-electron chi connectivity index (χ3n) is 4.84. The van der Waals surface area contributed by atoms with Gasteiger partial charge in [-0.3, -0.25) is 14.9 Å². The lowest BCUT2D eigenvalue weighted by Gasteiger charge is -2.31. The van der Waals surface area contributed by atoms with Gasteiger partial charge in [0.15, 0.2) is 5.76 Å². The lowest BCUT2D eigenvalue weighted by Crippen LogP contribution is -2.37. The van der Waals surface area contributed by atoms with Crippen molar-refractivity contribution in [1.29, 1.82) is 0 Å². The van der Waals surface area contributed by atoms with E-state index in [2.05, 4.69) is 15.2 Å². The van der Waals surface area contributed by atoms with Gasteiger partial charge in [0, 0.05) is 48.7 Å². The molecule has 0 saturated carbocycles. The summed E-state index contributed by atoms with van der Waals surface area (Å²) in [5, 5.41) is 7.38. The summed E-state index contributed by atoms with van der Waals surface area (Å²) < 4.78 is 10.4. The number of likely N-dealkylation sites (tertiary alicyclic amines) is 1. The van der Waals surface area contributed by atoms with Crippen molar-refractivity contribution in [3.8, 4) is 17.1 Å². The highest BCUT2D eigenvalue weighted by atomic mass is 16.6. The molecule has 0 radical (unpaired) electrons. The van der Waals surface area contributed by atoms with E-state index in [1.807, 2.05) is 23.2 Å². The second-order valence-electron chi connectivity index (χ2n) is 6.32. The van der Waals surface area contributed by atoms with E-state index >= 15 is 0 Å². The van der Waals surface area contributed by atoms with Crippen molar-refractivity contribution in [2.24, 2.45) is 0 Å². The summed E-state index contributed by atoms with van der Waals surface area (Å²) in [5.74, 6) is 0.920. The van der Waals surface area contributed by atoms with Crippen LogP contribution in [0, 0.1) is 0 Å². The number of aromatic amines is 1. The van der Waals surface area contributed by atoms with Gasteiger partial charge >= 0.3 is 0 Å². The number of pyridine rings is 1. The second-order valence-corrected chi connectivity index (χ2v) is 6.32. The first-order valence-corrected chi connectivity index (χ1v) is 8.63. The lowest BCUT2D eigenvalue weighted by molar-refractivity contribution is 0.0674. The Morgan fingerprint density at radius 3 is 2.69 bits per heavy atom. The minimum Gasteiger partial charge on any atom is -0.468 e. The molecule has 1 saturated heterocycles. The molecule has 0 bridgehead atoms. The van der Waals surface area contributed by atoms with Gasteiger partial charge in [-0.1, -0.05) is 0 Å². The van der Waals surface area contributed by atoms with Crippen LogP contribution < -0.4 is 4.74 Å². The van der Waals surface area contributed by atoms with Gasteiger partial charge < -0.3 is 14.1 Å². The molecule has 134 valence electrons. The highest BCUT2D eigenvalue weighted by molar-refractivity contribution is 5.91. The SMILES string of the molecule is COc1ccc(C(=O)N2CCC(c3[nH]ncc3-c3ccncc3)CC2)o1. The molecule has 4 heterocycles. The maximum absolute atomic E-state index is 12.6. The largest absolute Gasteiger partial charge is 0.468 e. The number of carbonyl (C=O) groups excluding carboxylic acids is 1. The van der Waals surface area contributed by atoms with Gasteiger partial charge in [0.1, 0.15) is 0 Å². The van der Waals surface area contributed by atoms with Crippen molar-refractivity contribution in [2.75, 3.05) is 20.2 Å². The molecule has 1 aliphatic heterocycles. The van der Waals surface area contributed by atoms with Gasteiger partial charge in [-0.25, -0.2) is 0 Å². The van der Waals surface area contributed by atoms with E-state index in [4.69, 9.17) is 9.15 Å². The van der Waals surface area contributed by atoms with Gasteiger partial charge in [-0.05, 0) is 36.6 Å². The Labute approximate surface area is 151 Å². The molecule has 0 unspecified atom stereocenters. The fourth-order valence-electron chi connectivity index (χ4n) is 3.44. The molecule has 7 heteroatoms. The molecule has 1 fully saturated rings. The van der Waals surface area contributed by atoms with E-state index in [-0.39, 0.29) is 5.91 Å². The van der Waals surface area contributed by atoms with Crippen LogP contribution in [0.3, 0.4) is 0 Å². The van der Waals surface area contributed by atoms with Crippen molar-refractivity contribution in [2.45, 2.75) is 18.8 Å². The van der Waals surface area contributed by atoms with Gasteiger partial charge in [0.25, 0.3) is 11.9 Å². The fourth-order valence-corrected chi connectivity index (χ4v) is 3.44. The van der Waals surface area contributed by atoms with E-state index in [0.717, 1.165) is 29.7 Å². The number of hydrogen-bond acceptors (Lipinski definition) is 5. The van der Waals surface area contributed by atoms with E-state index in [1.165, 1.54) is 7.11 Å². The highest BCUT2D eigenvalue weighted by Crippen LogP contribution is 2.34. The number of aromatic nitrogens is 3. The van der Waals surface area contributed by atoms with E-state index in [0.29, 0.717) is 30.7 Å². The minimum absolute atomic E-state index is 0.0919. The van der Waals surface area contributed by atoms with Gasteiger partial charge in [-0.15, -0.1) is 0 Å². The standard InChI is InChI=1S/C19H20N4O3/c1-25-17-3-2-16(26-17)19(24)23-10-6-14(7-11-23)18-15(12-21-22-18)13-4-8-20-9-5-13/h2-5,8-9,12,14H,6-7,10-11H2,1H3,(H,21,22). The summed E-state index contributed by atoms with van der Waals surface area (Å²) in [4.78, 5) is 18.5. The van der Waals surface area contributed by atoms with Crippen LogP contribution in [0.2, 0.25) is 0 Å². The van der Waals surface area contributed by atoms with Crippen LogP contribution in [0.5, 0.6) is 5.95 Å². The van der Waals surface area contributed by atoms with E-state index < -0.39 is 0 Å². The monoisotopic (exact) mass is 352 g/mol. The molecule has 26 heavy (non-hydrogen) atoms. The van der Waals surface area contributed by atoms with E-state index in [1.54, 1.807) is 24.5 Å². The summed E-state index contributed by atoms with van der Waals surface area (Å²) in [7, 11) is 1.52. The third-order valence-corrected chi connectivity index (χ3v) is 4.84. The average Bonchev–Trinajstić information content (AvgIpc) is 3.38. The Morgan fingerprint density at radius 2 is 2.00 bits per heavy atom. The second kappa shape index (κ2) is 7.03. The number of methoxy groups -OCH3 is 1. The van der Waals surface area contributed by atoms with Crippen LogP contribution in [-0.2, 0) is 0 Å². The van der Waals surface area contributed by atoms with Gasteiger partial charge in [0.05, 0.1) is 13.3 Å². The highest BCUT2D eigenvalue weighted by Gasteiger charge is 2.28. The first kappa shape index (κ1) is 16.4. The Morgan fingerprint density at radius 1 is 1.23 bits per heavy atom. The van der Waals surface area contributed by atoms with Gasteiger partial charge in [0.2, 0.25) is 0 Å². The van der Waals surface area contributed by atoms with E-state index in [9.17, 15) is 4.79 Å². The Kier molecular flexibility index (Phi) is 4.43. The Hall–Kier alpha value is -3.09. The molecule has 0 aliphatic carbocycles. The summed E-state index contributed by atoms with van der Waals surface area (Å²) in [6.45, 7) is 1.36. The number of furan rings is 1. The van der Waals surface area contributed by atoms with Crippen molar-refractivity contribution in [3.63, 3.8) is 0 Å². The Bertz CT molecular complexity index is 879. The first-order valence-electron chi connectivity index (χ1n) is 8.63. The van der Waals surface area contributed by atoms with Crippen LogP contribution in [-0.4, -0.2) is 46.2 Å². The molecular formula is C19H20N4O3. The zero-order valence-electron chi connectivity index (χ0n) is 14.5. The third kappa shape index (κ3) is 3.08. The fraction of sp³-hybridized carbons (Fsp3) is 0.316. The molecular weight excluding hydrogens is 332 g/mol. The smallest absolute Gasteiger partial charge is 0.289 e. The molecule has 4 rings (SSSR count). The Balaban J connectivity index is 1.44. The molecule has 0 atom stereocenters. The number of nitrogens with zero attached hydrogens (tertiary/aromatic N) is 3. The number of amides is 1. The first-order chi connectivity index (χ1) is 12.8. The van der Waals surface area contributed by atoms with Crippen LogP contribution in [0.15, 0.2) is 47.3 Å². The molecule has 3 aromatic rings. The van der Waals surface area contributed by atoms with Crippen LogP contribution >= 0.6 is 0 Å². The summed E-state index contributed by atoms with van der Waals surface area (Å²) in [5.41, 5.74) is 3.33. The number of H-pyrrole nitrogens is 1. The van der Waals surface area contributed by atoms with Crippen molar-refractivity contribution in [3.05, 3.63) is 54.3 Å². The summed E-state index contributed by atoms with van der Waals surface area (Å²) in [6.07, 6.45) is 7.18. The van der Waals surface area contributed by atoms with Crippen molar-refractivity contribution in [1.82, 2.24) is 20.1 Å². The number of piperidine rings is 1. The van der Waals surface area contributed by atoms with Crippen LogP contribution in [0.25, 0.3) is 11.1 Å². The normalized spacial score (nSPS) is 15.2. The maximum Gasteiger partial charge on any atom is 0.289 e. The summed E-state index contributed by atoms with van der Waals surface area (Å²) >= 11 is 0. The van der Waals surface area contributed by atoms with Crippen molar-refractivity contribution < 1.29 is 13.9 Å². The number of carbonyl (C=O) groups is 1. The number of nitrogens with one attached hydrogen (secondary N) is 1. The predicted molar refractivity (Wildman–Crippen MR) is 95.0 cm³/mol. The molecule has 3 aromatic heterocycles. The molecule has 1 N–H and O–H groups in total. The van der Waals surface area contributed by atoms with Crippen molar-refractivity contribution >= 4 is 5.91 Å². The number of hydrogen-bond donors (Lipinski definition) is 1. The predicted octanol–water partition coefficient (Wildman–Crippen LogP) is 3.09. The zero-order chi connectivity index (χ0) is 17.9. The topological polar surface area (TPSA) is 84.2 Å². The molecule has 0 spiro atoms. The average molecular weight is 352 g/mol. The quantitative estimate of drug-likeness (QED) is 0.780. The van der Waals surface area contributed by atoms with Gasteiger partial charge in [-0.2, -0.15) is 5.10 Å². The molecule has 1 aliphatic rings. The number of ether oxygens (including phenoxy) is 1. The molecule has 1 amide bonds. The number of rotatable bonds is 4. The minimum atomic E-state index is -0.0919. The zero-order valence-corrected chi connectivity index (χ0v) is 14.5. The molecule has 7 nitrogen and oxygen atoms in total. The van der Waals surface area contributed by atoms with Crippen LogP contribution in [0.4, 0.5) is 0 Å².